The van der Waals surface area contributed by atoms with E-state index in [1.807, 2.05) is 24.3 Å². The van der Waals surface area contributed by atoms with Crippen molar-refractivity contribution in [1.29, 1.82) is 0 Å². The Morgan fingerprint density at radius 2 is 1.67 bits per heavy atom. The highest BCUT2D eigenvalue weighted by atomic mass is 32.1. The largest absolute Gasteiger partial charge is 0.305 e. The van der Waals surface area contributed by atoms with Gasteiger partial charge in [0, 0.05) is 0 Å². The summed E-state index contributed by atoms with van der Waals surface area (Å²) >= 11 is 1.33. The number of imide groups is 1. The molecule has 0 saturated carbocycles. The Morgan fingerprint density at radius 3 is 2.33 bits per heavy atom. The fourth-order valence-electron chi connectivity index (χ4n) is 3.01. The van der Waals surface area contributed by atoms with Crippen LogP contribution in [-0.4, -0.2) is 33.7 Å². The van der Waals surface area contributed by atoms with Crippen molar-refractivity contribution in [3.05, 3.63) is 64.5 Å². The molecule has 1 aliphatic heterocycles. The molecule has 1 aliphatic rings. The van der Waals surface area contributed by atoms with Crippen LogP contribution in [0.5, 0.6) is 0 Å². The summed E-state index contributed by atoms with van der Waals surface area (Å²) in [5.74, 6) is 1.01. The first-order valence-corrected chi connectivity index (χ1v) is 8.96. The molecular weight excluding hydrogens is 362 g/mol. The number of carbonyl (C=O) groups is 3. The molecule has 3 aromatic rings. The molecule has 0 atom stereocenters. The fraction of sp³-hybridized carbons (Fsp3) is 0.100. The van der Waals surface area contributed by atoms with Crippen LogP contribution in [0, 0.1) is 12.3 Å². The number of benzene rings is 2. The monoisotopic (exact) mass is 375 g/mol. The van der Waals surface area contributed by atoms with Crippen molar-refractivity contribution in [2.45, 2.75) is 6.54 Å². The molecule has 0 fully saturated rings. The molecule has 0 radical (unpaired) electrons. The number of terminal acetylenes is 1. The van der Waals surface area contributed by atoms with Crippen molar-refractivity contribution in [2.75, 3.05) is 6.54 Å². The van der Waals surface area contributed by atoms with Crippen LogP contribution in [0.3, 0.4) is 0 Å². The maximum Gasteiger partial charge on any atom is 0.268 e. The fourth-order valence-corrected chi connectivity index (χ4v) is 4.06. The molecule has 0 aliphatic carbocycles. The standard InChI is InChI=1S/C20H13N3O3S/c1-2-11-22-15-9-5-6-10-16(15)27-20(22)21-17(24)12-23-18(25)13-7-3-4-8-14(13)19(23)26/h1,3-10H,11-12H2. The van der Waals surface area contributed by atoms with Gasteiger partial charge in [-0.15, -0.1) is 6.42 Å². The van der Waals surface area contributed by atoms with Crippen molar-refractivity contribution in [2.24, 2.45) is 4.99 Å². The summed E-state index contributed by atoms with van der Waals surface area (Å²) in [6, 6.07) is 14.1. The quantitative estimate of drug-likeness (QED) is 0.520. The van der Waals surface area contributed by atoms with Crippen LogP contribution in [0.2, 0.25) is 0 Å². The van der Waals surface area contributed by atoms with Crippen molar-refractivity contribution < 1.29 is 14.4 Å². The number of hydrogen-bond acceptors (Lipinski definition) is 4. The molecule has 0 N–H and O–H groups in total. The van der Waals surface area contributed by atoms with Gasteiger partial charge >= 0.3 is 0 Å². The molecule has 2 heterocycles. The molecular formula is C20H13N3O3S. The lowest BCUT2D eigenvalue weighted by molar-refractivity contribution is -0.118. The first-order valence-electron chi connectivity index (χ1n) is 8.15. The van der Waals surface area contributed by atoms with E-state index in [9.17, 15) is 14.4 Å². The summed E-state index contributed by atoms with van der Waals surface area (Å²) in [7, 11) is 0. The molecule has 3 amide bonds. The molecule has 0 unspecified atom stereocenters. The summed E-state index contributed by atoms with van der Waals surface area (Å²) in [4.78, 5) is 42.7. The molecule has 1 aromatic heterocycles. The highest BCUT2D eigenvalue weighted by molar-refractivity contribution is 7.16. The summed E-state index contributed by atoms with van der Waals surface area (Å²) in [6.07, 6.45) is 5.44. The Labute approximate surface area is 158 Å². The van der Waals surface area contributed by atoms with E-state index in [-0.39, 0.29) is 6.54 Å². The zero-order chi connectivity index (χ0) is 19.0. The van der Waals surface area contributed by atoms with E-state index in [1.165, 1.54) is 11.3 Å². The van der Waals surface area contributed by atoms with E-state index in [2.05, 4.69) is 10.9 Å². The van der Waals surface area contributed by atoms with E-state index in [4.69, 9.17) is 6.42 Å². The van der Waals surface area contributed by atoms with Crippen LogP contribution >= 0.6 is 11.3 Å². The van der Waals surface area contributed by atoms with E-state index in [0.29, 0.717) is 15.9 Å². The number of aromatic nitrogens is 1. The van der Waals surface area contributed by atoms with Crippen LogP contribution in [-0.2, 0) is 11.3 Å². The highest BCUT2D eigenvalue weighted by Gasteiger charge is 2.36. The predicted octanol–water partition coefficient (Wildman–Crippen LogP) is 2.06. The molecule has 27 heavy (non-hydrogen) atoms. The van der Waals surface area contributed by atoms with Gasteiger partial charge in [-0.3, -0.25) is 19.3 Å². The smallest absolute Gasteiger partial charge is 0.268 e. The minimum Gasteiger partial charge on any atom is -0.305 e. The minimum absolute atomic E-state index is 0.267. The van der Waals surface area contributed by atoms with Crippen molar-refractivity contribution in [3.8, 4) is 12.3 Å². The Morgan fingerprint density at radius 1 is 1.04 bits per heavy atom. The third-order valence-corrected chi connectivity index (χ3v) is 5.29. The summed E-state index contributed by atoms with van der Waals surface area (Å²) in [5.41, 5.74) is 1.49. The molecule has 0 spiro atoms. The average Bonchev–Trinajstić information content (AvgIpc) is 3.13. The first-order chi connectivity index (χ1) is 13.1. The van der Waals surface area contributed by atoms with Gasteiger partial charge in [-0.25, -0.2) is 0 Å². The van der Waals surface area contributed by atoms with Crippen molar-refractivity contribution >= 4 is 39.3 Å². The number of amides is 3. The third kappa shape index (κ3) is 2.86. The molecule has 6 nitrogen and oxygen atoms in total. The lowest BCUT2D eigenvalue weighted by Crippen LogP contribution is -2.35. The molecule has 0 saturated heterocycles. The zero-order valence-electron chi connectivity index (χ0n) is 14.1. The number of para-hydroxylation sites is 1. The molecule has 7 heteroatoms. The van der Waals surface area contributed by atoms with Crippen LogP contribution in [0.15, 0.2) is 53.5 Å². The van der Waals surface area contributed by atoms with Crippen LogP contribution < -0.4 is 4.80 Å². The number of thiazole rings is 1. The van der Waals surface area contributed by atoms with Gasteiger partial charge < -0.3 is 4.57 Å². The minimum atomic E-state index is -0.582. The second-order valence-corrected chi connectivity index (χ2v) is 6.90. The van der Waals surface area contributed by atoms with Gasteiger partial charge in [0.05, 0.1) is 27.9 Å². The van der Waals surface area contributed by atoms with Crippen molar-refractivity contribution in [3.63, 3.8) is 0 Å². The van der Waals surface area contributed by atoms with Gasteiger partial charge in [0.1, 0.15) is 6.54 Å². The number of rotatable bonds is 3. The Hall–Kier alpha value is -3.50. The summed E-state index contributed by atoms with van der Waals surface area (Å²) in [6.45, 7) is -0.139. The molecule has 2 aromatic carbocycles. The van der Waals surface area contributed by atoms with Gasteiger partial charge in [0.25, 0.3) is 17.7 Å². The molecule has 0 bridgehead atoms. The second kappa shape index (κ2) is 6.67. The lowest BCUT2D eigenvalue weighted by atomic mass is 10.1. The maximum atomic E-state index is 12.5. The van der Waals surface area contributed by atoms with Crippen LogP contribution in [0.1, 0.15) is 20.7 Å². The Balaban J connectivity index is 1.67. The number of carbonyl (C=O) groups excluding carboxylic acids is 3. The van der Waals surface area contributed by atoms with Crippen molar-refractivity contribution in [1.82, 2.24) is 9.47 Å². The van der Waals surface area contributed by atoms with Gasteiger partial charge in [-0.1, -0.05) is 41.5 Å². The number of nitrogens with zero attached hydrogens (tertiary/aromatic N) is 3. The Bertz CT molecular complexity index is 1180. The van der Waals surface area contributed by atoms with Gasteiger partial charge in [-0.2, -0.15) is 4.99 Å². The maximum absolute atomic E-state index is 12.5. The summed E-state index contributed by atoms with van der Waals surface area (Å²) < 4.78 is 2.71. The first kappa shape index (κ1) is 16.9. The lowest BCUT2D eigenvalue weighted by Gasteiger charge is -2.10. The highest BCUT2D eigenvalue weighted by Crippen LogP contribution is 2.22. The van der Waals surface area contributed by atoms with E-state index in [0.717, 1.165) is 15.1 Å². The predicted molar refractivity (Wildman–Crippen MR) is 101 cm³/mol. The topological polar surface area (TPSA) is 71.7 Å². The molecule has 132 valence electrons. The summed E-state index contributed by atoms with van der Waals surface area (Å²) in [5, 5.41) is 0. The van der Waals surface area contributed by atoms with Crippen LogP contribution in [0.25, 0.3) is 10.2 Å². The SMILES string of the molecule is C#CCn1c(=NC(=O)CN2C(=O)c3ccccc3C2=O)sc2ccccc21. The third-order valence-electron chi connectivity index (χ3n) is 4.23. The second-order valence-electron chi connectivity index (χ2n) is 5.89. The van der Waals surface area contributed by atoms with E-state index < -0.39 is 24.3 Å². The van der Waals surface area contributed by atoms with E-state index in [1.54, 1.807) is 28.8 Å². The van der Waals surface area contributed by atoms with Crippen LogP contribution in [0.4, 0.5) is 0 Å². The zero-order valence-corrected chi connectivity index (χ0v) is 14.9. The van der Waals surface area contributed by atoms with E-state index >= 15 is 0 Å². The molecule has 4 rings (SSSR count). The van der Waals surface area contributed by atoms with Gasteiger partial charge in [0.15, 0.2) is 4.80 Å². The van der Waals surface area contributed by atoms with Gasteiger partial charge in [-0.05, 0) is 24.3 Å². The number of fused-ring (bicyclic) bond motifs is 2. The Kier molecular flexibility index (Phi) is 4.18. The normalized spacial score (nSPS) is 13.9. The number of hydrogen-bond donors (Lipinski definition) is 0. The van der Waals surface area contributed by atoms with Gasteiger partial charge in [0.2, 0.25) is 0 Å². The average molecular weight is 375 g/mol.